The smallest absolute Gasteiger partial charge is 0.332 e. The second-order valence-electron chi connectivity index (χ2n) is 26.3. The van der Waals surface area contributed by atoms with E-state index >= 15 is 0 Å². The first-order valence-corrected chi connectivity index (χ1v) is 35.6. The maximum Gasteiger partial charge on any atom is 0.332 e. The molecule has 11 atom stereocenters. The lowest BCUT2D eigenvalue weighted by molar-refractivity contribution is -0.178. The number of carbonyl (C=O) groups excluding carboxylic acids is 3. The van der Waals surface area contributed by atoms with Crippen molar-refractivity contribution in [3.05, 3.63) is 173 Å². The number of aromatic hydroxyl groups is 1. The van der Waals surface area contributed by atoms with Crippen molar-refractivity contribution in [2.24, 2.45) is 10.8 Å². The highest BCUT2D eigenvalue weighted by Crippen LogP contribution is 2.37. The number of nitrogens with two attached hydrogens (primary N) is 1. The van der Waals surface area contributed by atoms with E-state index < -0.39 is 35.1 Å². The summed E-state index contributed by atoms with van der Waals surface area (Å²) >= 11 is 0. The number of furan rings is 5. The monoisotopic (exact) mass is 1460 g/mol. The van der Waals surface area contributed by atoms with E-state index in [9.17, 15) is 39.0 Å². The summed E-state index contributed by atoms with van der Waals surface area (Å²) < 4.78 is 64.7. The number of aliphatic hydroxyl groups excluding tert-OH is 1. The van der Waals surface area contributed by atoms with Gasteiger partial charge in [-0.1, -0.05) is 11.2 Å². The molecule has 2 aromatic carbocycles. The van der Waals surface area contributed by atoms with E-state index in [1.54, 1.807) is 39.3 Å². The molecule has 105 heavy (non-hydrogen) atoms. The molecular formula is C75H100N8O22. The topological polar surface area (TPSA) is 408 Å². The summed E-state index contributed by atoms with van der Waals surface area (Å²) in [6.45, 7) is 14.2. The molecule has 7 fully saturated rings. The fraction of sp³-hybridized carbons (Fsp3) is 0.547. The van der Waals surface area contributed by atoms with Crippen molar-refractivity contribution in [2.75, 3.05) is 85.1 Å². The van der Waals surface area contributed by atoms with Crippen molar-refractivity contribution in [1.82, 2.24) is 9.96 Å². The number of rotatable bonds is 19. The van der Waals surface area contributed by atoms with Gasteiger partial charge in [-0.05, 0) is 203 Å². The number of ketones is 1. The number of phenols is 1. The molecule has 7 saturated heterocycles. The first kappa shape index (κ1) is 81.8. The van der Waals surface area contributed by atoms with Crippen molar-refractivity contribution in [3.63, 3.8) is 0 Å². The van der Waals surface area contributed by atoms with E-state index in [2.05, 4.69) is 20.7 Å². The van der Waals surface area contributed by atoms with Gasteiger partial charge in [-0.2, -0.15) is 0 Å². The van der Waals surface area contributed by atoms with E-state index in [1.807, 2.05) is 83.1 Å². The molecule has 5 aromatic heterocycles. The van der Waals surface area contributed by atoms with Crippen LogP contribution in [0.25, 0.3) is 10.4 Å². The van der Waals surface area contributed by atoms with E-state index in [-0.39, 0.29) is 94.7 Å². The Kier molecular flexibility index (Phi) is 31.6. The number of azide groups is 1. The summed E-state index contributed by atoms with van der Waals surface area (Å²) in [7, 11) is 6.20. The van der Waals surface area contributed by atoms with Crippen LogP contribution in [0.2, 0.25) is 0 Å². The number of carbonyl (C=O) groups is 4. The molecule has 0 spiro atoms. The summed E-state index contributed by atoms with van der Waals surface area (Å²) in [5, 5.41) is 39.6. The SMILES string of the molecule is CON(C)C(=O)[C@H]1CCCO1.Cc1ccc(C(=O)[C@H]2CCCO2)o1.Cc1ccc(C(N)[C@H]2CCCO2)o1.Cc1ccc(C(N=[N+]=[N-])[C@H]2CCCO2)o1.Cc1ccc(C(Nc2c(Nc3cccc(C(=O)N(C)C)c3O)c(=O)c2=O)[C@H]2CCCO2)o1.Cc1ccc(C(O)[C@H]2CCCO2)o1.O=C(O)[C@H]1CCCO1. The molecule has 7 aromatic rings. The molecule has 572 valence electrons. The Labute approximate surface area is 608 Å². The standard InChI is InChI=1S/C23H25N3O6.C10H13N3O2.C10H15NO2.C10H14O3.C10H12O3.C7H13NO3.C5H8O3/c1-12-9-10-16(32-12)17(15-8-5-11-31-15)25-19-18(21(28)22(19)29)24-14-7-4-6-13(20(14)27)23(30)26(2)3;1-7-4-5-9(15-7)10(12-13-11)8-3-2-6-14-8;3*1-7-4-5-9(13-7)10(11)8-3-2-6-12-8;1-8(10-2)7(9)6-4-3-5-11-6;6-5(7)4-2-1-3-8-4/h4,6-7,9-10,15,17,24-25,27H,5,8,11H2,1-3H3;4-5,8,10H,2-3,6H2,1H3;4-5,8,10H,2-3,6,11H2,1H3;4-5,8,10-11H,2-3,6H2,1H3;4-5,8H,2-3,6H2,1H3;6H,3-5H2,1-2H3;4H,1-3H2,(H,6,7)/t15-,17?;3*8-,10?;8-;6-;4-/m1111111/s1. The second kappa shape index (κ2) is 40.5. The van der Waals surface area contributed by atoms with Gasteiger partial charge in [0.25, 0.3) is 22.7 Å². The molecular weight excluding hydrogens is 1360 g/mol. The minimum absolute atomic E-state index is 0.0195. The summed E-state index contributed by atoms with van der Waals surface area (Å²) in [6, 6.07) is 22.1. The first-order chi connectivity index (χ1) is 50.5. The number of nitrogens with one attached hydrogen (secondary N) is 2. The number of benzene rings is 1. The van der Waals surface area contributed by atoms with E-state index in [1.165, 1.54) is 29.2 Å². The van der Waals surface area contributed by atoms with Gasteiger partial charge in [0.1, 0.15) is 93.6 Å². The molecule has 4 unspecified atom stereocenters. The zero-order valence-corrected chi connectivity index (χ0v) is 61.1. The van der Waals surface area contributed by atoms with Crippen molar-refractivity contribution < 1.29 is 94.6 Å². The number of carboxylic acids is 1. The molecule has 0 radical (unpaired) electrons. The number of hydroxylamine groups is 2. The molecule has 30 heteroatoms. The molecule has 7 aliphatic rings. The number of phenolic OH excluding ortho intramolecular Hbond substituents is 1. The molecule has 2 amide bonds. The maximum atomic E-state index is 12.4. The Morgan fingerprint density at radius 3 is 1.48 bits per heavy atom. The van der Waals surface area contributed by atoms with Crippen LogP contribution >= 0.6 is 0 Å². The first-order valence-electron chi connectivity index (χ1n) is 35.6. The third-order valence-electron chi connectivity index (χ3n) is 18.1. The number of carboxylic acid groups (broad SMARTS) is 1. The highest BCUT2D eigenvalue weighted by molar-refractivity contribution is 5.99. The van der Waals surface area contributed by atoms with Crippen LogP contribution in [0, 0.1) is 34.6 Å². The number of nitrogens with zero attached hydrogens (tertiary/aromatic N) is 5. The maximum absolute atomic E-state index is 12.4. The van der Waals surface area contributed by atoms with Crippen LogP contribution in [0.4, 0.5) is 17.1 Å². The molecule has 7 N–H and O–H groups in total. The predicted molar refractivity (Wildman–Crippen MR) is 383 cm³/mol. The number of Topliss-reactive ketones (excluding diaryl/α,β-unsaturated/α-hetero) is 1. The van der Waals surface area contributed by atoms with Crippen LogP contribution in [0.3, 0.4) is 0 Å². The molecule has 30 nitrogen and oxygen atoms in total. The zero-order chi connectivity index (χ0) is 75.7. The lowest BCUT2D eigenvalue weighted by Gasteiger charge is -2.25. The Hall–Kier alpha value is -8.91. The lowest BCUT2D eigenvalue weighted by atomic mass is 10.0. The summed E-state index contributed by atoms with van der Waals surface area (Å²) in [5.74, 6) is 5.57. The van der Waals surface area contributed by atoms with Gasteiger partial charge in [-0.15, -0.1) is 0 Å². The van der Waals surface area contributed by atoms with Gasteiger partial charge in [-0.25, -0.2) is 9.86 Å². The van der Waals surface area contributed by atoms with Crippen molar-refractivity contribution in [1.29, 1.82) is 0 Å². The number of likely N-dealkylation sites (N-methyl/N-ethyl adjacent to an activating group) is 1. The number of aliphatic carboxylic acids is 1. The number of ether oxygens (including phenoxy) is 7. The minimum Gasteiger partial charge on any atom is -0.505 e. The van der Waals surface area contributed by atoms with E-state index in [4.69, 9.17) is 76.5 Å². The Morgan fingerprint density at radius 2 is 1.02 bits per heavy atom. The fourth-order valence-corrected chi connectivity index (χ4v) is 12.4. The fourth-order valence-electron chi connectivity index (χ4n) is 12.4. The summed E-state index contributed by atoms with van der Waals surface area (Å²) in [4.78, 5) is 78.9. The third kappa shape index (κ3) is 23.3. The van der Waals surface area contributed by atoms with Crippen LogP contribution in [0.15, 0.2) is 116 Å². The van der Waals surface area contributed by atoms with Crippen LogP contribution < -0.4 is 27.2 Å². The molecule has 0 saturated carbocycles. The Balaban J connectivity index is 0.000000163. The van der Waals surface area contributed by atoms with Crippen LogP contribution in [0.1, 0.15) is 187 Å². The van der Waals surface area contributed by atoms with Crippen LogP contribution in [0.5, 0.6) is 5.75 Å². The van der Waals surface area contributed by atoms with E-state index in [0.717, 1.165) is 138 Å². The highest BCUT2D eigenvalue weighted by Gasteiger charge is 2.36. The summed E-state index contributed by atoms with van der Waals surface area (Å²) in [6.07, 6.45) is 11.0. The van der Waals surface area contributed by atoms with Gasteiger partial charge < -0.3 is 91.8 Å². The van der Waals surface area contributed by atoms with Crippen molar-refractivity contribution in [3.8, 4) is 5.75 Å². The normalized spacial score (nSPS) is 21.8. The number of hydrogen-bond acceptors (Lipinski definition) is 25. The molecule has 14 rings (SSSR count). The highest BCUT2D eigenvalue weighted by atomic mass is 16.7. The van der Waals surface area contributed by atoms with E-state index in [0.29, 0.717) is 55.9 Å². The van der Waals surface area contributed by atoms with Gasteiger partial charge in [0, 0.05) is 72.3 Å². The quantitative estimate of drug-likeness (QED) is 0.00833. The Bertz CT molecular complexity index is 3910. The number of hydrogen-bond donors (Lipinski definition) is 6. The van der Waals surface area contributed by atoms with Crippen molar-refractivity contribution >= 4 is 40.6 Å². The predicted octanol–water partition coefficient (Wildman–Crippen LogP) is 11.7. The molecule has 12 heterocycles. The summed E-state index contributed by atoms with van der Waals surface area (Å²) in [5.41, 5.74) is 13.5. The average molecular weight is 1470 g/mol. The van der Waals surface area contributed by atoms with Gasteiger partial charge in [0.2, 0.25) is 5.78 Å². The van der Waals surface area contributed by atoms with Crippen LogP contribution in [-0.2, 0) is 47.6 Å². The molecule has 7 aliphatic heterocycles. The number of anilines is 3. The lowest BCUT2D eigenvalue weighted by Crippen LogP contribution is -2.39. The van der Waals surface area contributed by atoms with Gasteiger partial charge in [-0.3, -0.25) is 28.8 Å². The van der Waals surface area contributed by atoms with Crippen LogP contribution in [-0.4, -0.2) is 166 Å². The molecule has 0 aliphatic carbocycles. The van der Waals surface area contributed by atoms with Crippen molar-refractivity contribution in [2.45, 2.75) is 191 Å². The largest absolute Gasteiger partial charge is 0.505 e. The number of para-hydroxylation sites is 1. The number of amides is 2. The third-order valence-corrected chi connectivity index (χ3v) is 18.1. The molecule has 0 bridgehead atoms. The minimum atomic E-state index is -0.831. The van der Waals surface area contributed by atoms with Gasteiger partial charge in [0.05, 0.1) is 48.8 Å². The average Bonchev–Trinajstić information content (AvgIpc) is 1.59. The number of aliphatic hydroxyl groups is 1. The second-order valence-corrected chi connectivity index (χ2v) is 26.3. The van der Waals surface area contributed by atoms with Gasteiger partial charge >= 0.3 is 5.97 Å². The Morgan fingerprint density at radius 1 is 0.562 bits per heavy atom. The number of aryl methyl sites for hydroxylation is 5. The zero-order valence-electron chi connectivity index (χ0n) is 61.1. The van der Waals surface area contributed by atoms with Gasteiger partial charge in [0.15, 0.2) is 17.6 Å².